The third-order valence-corrected chi connectivity index (χ3v) is 7.04. The number of ether oxygens (including phenoxy) is 2. The van der Waals surface area contributed by atoms with Crippen LogP contribution in [-0.4, -0.2) is 24.1 Å². The van der Waals surface area contributed by atoms with Crippen molar-refractivity contribution in [3.63, 3.8) is 0 Å². The topological polar surface area (TPSA) is 52.6 Å². The first-order valence-corrected chi connectivity index (χ1v) is 12.0. The predicted octanol–water partition coefficient (Wildman–Crippen LogP) is 6.70. The van der Waals surface area contributed by atoms with Crippen molar-refractivity contribution in [1.82, 2.24) is 0 Å². The number of carbonyl (C=O) groups excluding carboxylic acids is 2. The maximum absolute atomic E-state index is 11.9. The number of rotatable bonds is 6. The van der Waals surface area contributed by atoms with Crippen LogP contribution in [0.1, 0.15) is 113 Å². The van der Waals surface area contributed by atoms with E-state index < -0.39 is 0 Å². The molecular formula is C25H46O4. The molecule has 0 bridgehead atoms. The lowest BCUT2D eigenvalue weighted by atomic mass is 9.86. The minimum Gasteiger partial charge on any atom is -0.462 e. The first-order valence-electron chi connectivity index (χ1n) is 12.0. The molecular weight excluding hydrogens is 364 g/mol. The SMILES string of the molecule is CCC(C)(C)C(=O)OC1CCCCC1C.CCC(C)C(=O)OC1CCCCC1C. The molecule has 2 fully saturated rings. The van der Waals surface area contributed by atoms with Gasteiger partial charge in [-0.2, -0.15) is 0 Å². The summed E-state index contributed by atoms with van der Waals surface area (Å²) in [6.07, 6.45) is 11.6. The van der Waals surface area contributed by atoms with Crippen molar-refractivity contribution in [3.8, 4) is 0 Å². The first-order chi connectivity index (χ1) is 13.6. The average molecular weight is 411 g/mol. The van der Waals surface area contributed by atoms with Crippen molar-refractivity contribution in [1.29, 1.82) is 0 Å². The lowest BCUT2D eigenvalue weighted by Crippen LogP contribution is -2.34. The molecule has 0 heterocycles. The molecule has 170 valence electrons. The fraction of sp³-hybridized carbons (Fsp3) is 0.920. The van der Waals surface area contributed by atoms with Crippen LogP contribution in [0.3, 0.4) is 0 Å². The molecule has 2 aliphatic rings. The van der Waals surface area contributed by atoms with Gasteiger partial charge >= 0.3 is 11.9 Å². The zero-order valence-corrected chi connectivity index (χ0v) is 20.1. The highest BCUT2D eigenvalue weighted by Gasteiger charge is 2.32. The maximum Gasteiger partial charge on any atom is 0.311 e. The Kier molecular flexibility index (Phi) is 11.3. The Morgan fingerprint density at radius 1 is 0.862 bits per heavy atom. The van der Waals surface area contributed by atoms with Crippen molar-refractivity contribution >= 4 is 11.9 Å². The molecule has 4 nitrogen and oxygen atoms in total. The smallest absolute Gasteiger partial charge is 0.311 e. The lowest BCUT2D eigenvalue weighted by Gasteiger charge is -2.31. The minimum atomic E-state index is -0.322. The molecule has 29 heavy (non-hydrogen) atoms. The van der Waals surface area contributed by atoms with Gasteiger partial charge in [0.2, 0.25) is 0 Å². The Bertz CT molecular complexity index is 499. The molecule has 0 amide bonds. The summed E-state index contributed by atoms with van der Waals surface area (Å²) in [5.74, 6) is 1.12. The van der Waals surface area contributed by atoms with E-state index in [1.165, 1.54) is 38.5 Å². The van der Waals surface area contributed by atoms with Gasteiger partial charge in [0, 0.05) is 0 Å². The van der Waals surface area contributed by atoms with Crippen LogP contribution in [0.4, 0.5) is 0 Å². The fourth-order valence-corrected chi connectivity index (χ4v) is 3.79. The van der Waals surface area contributed by atoms with Crippen LogP contribution in [0.15, 0.2) is 0 Å². The second kappa shape index (κ2) is 12.6. The predicted molar refractivity (Wildman–Crippen MR) is 119 cm³/mol. The highest BCUT2D eigenvalue weighted by molar-refractivity contribution is 5.76. The minimum absolute atomic E-state index is 0.00810. The summed E-state index contributed by atoms with van der Waals surface area (Å²) < 4.78 is 11.1. The van der Waals surface area contributed by atoms with Gasteiger partial charge in [-0.25, -0.2) is 0 Å². The van der Waals surface area contributed by atoms with Crippen molar-refractivity contribution < 1.29 is 19.1 Å². The highest BCUT2D eigenvalue weighted by Crippen LogP contribution is 2.30. The highest BCUT2D eigenvalue weighted by atomic mass is 16.5. The van der Waals surface area contributed by atoms with Crippen molar-refractivity contribution in [2.45, 2.75) is 125 Å². The number of hydrogen-bond acceptors (Lipinski definition) is 4. The van der Waals surface area contributed by atoms with E-state index in [9.17, 15) is 9.59 Å². The van der Waals surface area contributed by atoms with E-state index in [0.29, 0.717) is 11.8 Å². The lowest BCUT2D eigenvalue weighted by molar-refractivity contribution is -0.164. The zero-order chi connectivity index (χ0) is 22.0. The van der Waals surface area contributed by atoms with Crippen LogP contribution in [0.5, 0.6) is 0 Å². The van der Waals surface area contributed by atoms with Gasteiger partial charge in [0.25, 0.3) is 0 Å². The Morgan fingerprint density at radius 3 is 1.72 bits per heavy atom. The molecule has 0 aromatic heterocycles. The summed E-state index contributed by atoms with van der Waals surface area (Å²) in [6.45, 7) is 14.3. The van der Waals surface area contributed by atoms with Gasteiger partial charge in [0.15, 0.2) is 0 Å². The zero-order valence-electron chi connectivity index (χ0n) is 20.1. The molecule has 2 rings (SSSR count). The average Bonchev–Trinajstić information content (AvgIpc) is 2.71. The van der Waals surface area contributed by atoms with Gasteiger partial charge in [-0.05, 0) is 77.0 Å². The summed E-state index contributed by atoms with van der Waals surface area (Å²) in [5.41, 5.74) is -0.322. The quantitative estimate of drug-likeness (QED) is 0.457. The number of carbonyl (C=O) groups is 2. The molecule has 0 saturated heterocycles. The molecule has 2 aliphatic carbocycles. The normalized spacial score (nSPS) is 28.5. The van der Waals surface area contributed by atoms with Crippen LogP contribution in [-0.2, 0) is 19.1 Å². The molecule has 0 radical (unpaired) electrons. The summed E-state index contributed by atoms with van der Waals surface area (Å²) in [7, 11) is 0. The Morgan fingerprint density at radius 2 is 1.31 bits per heavy atom. The largest absolute Gasteiger partial charge is 0.462 e. The first kappa shape index (κ1) is 26.0. The molecule has 0 N–H and O–H groups in total. The Labute approximate surface area is 179 Å². The van der Waals surface area contributed by atoms with Gasteiger partial charge in [0.05, 0.1) is 11.3 Å². The molecule has 0 aromatic carbocycles. The van der Waals surface area contributed by atoms with Crippen molar-refractivity contribution in [2.24, 2.45) is 23.2 Å². The maximum atomic E-state index is 11.9. The van der Waals surface area contributed by atoms with Crippen LogP contribution in [0.25, 0.3) is 0 Å². The van der Waals surface area contributed by atoms with Gasteiger partial charge in [-0.3, -0.25) is 9.59 Å². The molecule has 5 unspecified atom stereocenters. The second-order valence-corrected chi connectivity index (χ2v) is 9.99. The summed E-state index contributed by atoms with van der Waals surface area (Å²) in [5, 5.41) is 0. The van der Waals surface area contributed by atoms with Crippen LogP contribution >= 0.6 is 0 Å². The molecule has 0 spiro atoms. The van der Waals surface area contributed by atoms with Crippen LogP contribution < -0.4 is 0 Å². The van der Waals surface area contributed by atoms with E-state index in [1.54, 1.807) is 0 Å². The van der Waals surface area contributed by atoms with Crippen LogP contribution in [0.2, 0.25) is 0 Å². The monoisotopic (exact) mass is 410 g/mol. The van der Waals surface area contributed by atoms with Gasteiger partial charge in [0.1, 0.15) is 12.2 Å². The van der Waals surface area contributed by atoms with Crippen LogP contribution in [0, 0.1) is 23.2 Å². The molecule has 2 saturated carbocycles. The third-order valence-electron chi connectivity index (χ3n) is 7.04. The molecule has 0 aromatic rings. The van der Waals surface area contributed by atoms with Gasteiger partial charge < -0.3 is 9.47 Å². The standard InChI is InChI=1S/C13H24O2.C12H22O2/c1-5-13(3,4)12(14)15-11-9-7-6-8-10(11)2;1-4-9(2)12(13)14-11-8-6-5-7-10(11)3/h10-11H,5-9H2,1-4H3;9-11H,4-8H2,1-3H3. The van der Waals surface area contributed by atoms with Crippen molar-refractivity contribution in [3.05, 3.63) is 0 Å². The van der Waals surface area contributed by atoms with E-state index in [4.69, 9.17) is 9.47 Å². The van der Waals surface area contributed by atoms with E-state index in [1.807, 2.05) is 34.6 Å². The fourth-order valence-electron chi connectivity index (χ4n) is 3.79. The number of hydrogen-bond donors (Lipinski definition) is 0. The summed E-state index contributed by atoms with van der Waals surface area (Å²) in [6, 6.07) is 0. The van der Waals surface area contributed by atoms with Crippen molar-refractivity contribution in [2.75, 3.05) is 0 Å². The number of esters is 2. The summed E-state index contributed by atoms with van der Waals surface area (Å²) in [4.78, 5) is 23.5. The molecule has 4 heteroatoms. The molecule has 5 atom stereocenters. The van der Waals surface area contributed by atoms with E-state index in [2.05, 4.69) is 13.8 Å². The summed E-state index contributed by atoms with van der Waals surface area (Å²) >= 11 is 0. The Hall–Kier alpha value is -1.06. The Balaban J connectivity index is 0.000000291. The van der Waals surface area contributed by atoms with Gasteiger partial charge in [-0.15, -0.1) is 0 Å². The van der Waals surface area contributed by atoms with E-state index in [0.717, 1.165) is 25.7 Å². The molecule has 0 aliphatic heterocycles. The third kappa shape index (κ3) is 8.68. The van der Waals surface area contributed by atoms with E-state index in [-0.39, 0.29) is 35.5 Å². The van der Waals surface area contributed by atoms with Gasteiger partial charge in [-0.1, -0.05) is 47.5 Å². The second-order valence-electron chi connectivity index (χ2n) is 9.99. The van der Waals surface area contributed by atoms with E-state index >= 15 is 0 Å².